The topological polar surface area (TPSA) is 33.5 Å². The average molecular weight is 366 g/mol. The molecule has 0 aliphatic rings. The Balaban J connectivity index is 1.86. The van der Waals surface area contributed by atoms with Crippen molar-refractivity contribution in [3.63, 3.8) is 0 Å². The van der Waals surface area contributed by atoms with E-state index in [1.807, 2.05) is 29.6 Å². The third kappa shape index (κ3) is 3.96. The van der Waals surface area contributed by atoms with Crippen LogP contribution in [0.2, 0.25) is 10.0 Å². The maximum atomic E-state index is 12.8. The minimum atomic E-state index is -0.117. The Bertz CT molecular complexity index is 749. The van der Waals surface area contributed by atoms with Crippen LogP contribution < -0.4 is 0 Å². The van der Waals surface area contributed by atoms with Gasteiger partial charge in [-0.25, -0.2) is 0 Å². The Morgan fingerprint density at radius 3 is 2.61 bits per heavy atom. The number of carbonyl (C=O) groups excluding carboxylic acids is 1. The zero-order chi connectivity index (χ0) is 16.2. The number of thiophene rings is 1. The van der Waals surface area contributed by atoms with Gasteiger partial charge in [0, 0.05) is 10.4 Å². The quantitative estimate of drug-likeness (QED) is 0.598. The molecule has 3 aromatic rings. The molecule has 0 spiro atoms. The summed E-state index contributed by atoms with van der Waals surface area (Å²) in [4.78, 5) is 15.7. The van der Waals surface area contributed by atoms with E-state index >= 15 is 0 Å². The van der Waals surface area contributed by atoms with Crippen LogP contribution in [0, 0.1) is 0 Å². The van der Waals surface area contributed by atoms with Gasteiger partial charge in [-0.2, -0.15) is 0 Å². The molecular formula is C17H13Cl2NO2S. The van der Waals surface area contributed by atoms with Gasteiger partial charge in [-0.15, -0.1) is 11.3 Å². The van der Waals surface area contributed by atoms with Crippen LogP contribution >= 0.6 is 34.5 Å². The largest absolute Gasteiger partial charge is 0.467 e. The number of furan rings is 1. The lowest BCUT2D eigenvalue weighted by atomic mass is 10.2. The minimum Gasteiger partial charge on any atom is -0.467 e. The molecule has 0 aliphatic carbocycles. The number of benzene rings is 1. The summed E-state index contributed by atoms with van der Waals surface area (Å²) < 4.78 is 5.37. The van der Waals surface area contributed by atoms with Crippen LogP contribution in [0.4, 0.5) is 0 Å². The summed E-state index contributed by atoms with van der Waals surface area (Å²) in [5.74, 6) is 0.614. The molecule has 3 rings (SSSR count). The molecule has 118 valence electrons. The number of rotatable bonds is 5. The Morgan fingerprint density at radius 1 is 1.09 bits per heavy atom. The molecule has 0 aliphatic heterocycles. The van der Waals surface area contributed by atoms with Crippen molar-refractivity contribution in [2.45, 2.75) is 13.1 Å². The molecule has 2 aromatic heterocycles. The third-order valence-electron chi connectivity index (χ3n) is 3.31. The number of amides is 1. The van der Waals surface area contributed by atoms with E-state index in [9.17, 15) is 4.79 Å². The first kappa shape index (κ1) is 16.1. The molecule has 2 heterocycles. The van der Waals surface area contributed by atoms with Crippen LogP contribution in [0.5, 0.6) is 0 Å². The van der Waals surface area contributed by atoms with E-state index in [1.54, 1.807) is 40.7 Å². The summed E-state index contributed by atoms with van der Waals surface area (Å²) in [7, 11) is 0. The highest BCUT2D eigenvalue weighted by molar-refractivity contribution is 7.09. The first-order chi connectivity index (χ1) is 11.1. The number of nitrogens with zero attached hydrogens (tertiary/aromatic N) is 1. The van der Waals surface area contributed by atoms with E-state index < -0.39 is 0 Å². The zero-order valence-corrected chi connectivity index (χ0v) is 14.4. The molecule has 1 amide bonds. The fourth-order valence-corrected chi connectivity index (χ4v) is 3.21. The van der Waals surface area contributed by atoms with Gasteiger partial charge in [-0.05, 0) is 41.8 Å². The molecule has 0 bridgehead atoms. The highest BCUT2D eigenvalue weighted by atomic mass is 35.5. The maximum Gasteiger partial charge on any atom is 0.254 e. The summed E-state index contributed by atoms with van der Waals surface area (Å²) >= 11 is 13.6. The lowest BCUT2D eigenvalue weighted by Crippen LogP contribution is -2.29. The molecule has 1 aromatic carbocycles. The summed E-state index contributed by atoms with van der Waals surface area (Å²) in [6.07, 6.45) is 1.60. The van der Waals surface area contributed by atoms with Crippen LogP contribution in [-0.2, 0) is 13.1 Å². The minimum absolute atomic E-state index is 0.117. The number of hydrogen-bond donors (Lipinski definition) is 0. The molecule has 0 saturated heterocycles. The van der Waals surface area contributed by atoms with Gasteiger partial charge >= 0.3 is 0 Å². The van der Waals surface area contributed by atoms with E-state index in [2.05, 4.69) is 0 Å². The smallest absolute Gasteiger partial charge is 0.254 e. The Kier molecular flexibility index (Phi) is 5.06. The predicted molar refractivity (Wildman–Crippen MR) is 93.1 cm³/mol. The Morgan fingerprint density at radius 2 is 1.96 bits per heavy atom. The lowest BCUT2D eigenvalue weighted by molar-refractivity contribution is 0.0719. The summed E-state index contributed by atoms with van der Waals surface area (Å²) in [5.41, 5.74) is 0.502. The van der Waals surface area contributed by atoms with Gasteiger partial charge in [0.25, 0.3) is 5.91 Å². The second kappa shape index (κ2) is 7.21. The molecule has 3 nitrogen and oxygen atoms in total. The van der Waals surface area contributed by atoms with Crippen molar-refractivity contribution < 1.29 is 9.21 Å². The molecule has 23 heavy (non-hydrogen) atoms. The lowest BCUT2D eigenvalue weighted by Gasteiger charge is -2.21. The SMILES string of the molecule is O=C(c1ccc(Cl)c(Cl)c1)N(Cc1ccco1)Cc1cccs1. The van der Waals surface area contributed by atoms with Crippen molar-refractivity contribution in [3.8, 4) is 0 Å². The van der Waals surface area contributed by atoms with Gasteiger partial charge < -0.3 is 9.32 Å². The van der Waals surface area contributed by atoms with Crippen LogP contribution in [-0.4, -0.2) is 10.8 Å². The van der Waals surface area contributed by atoms with Crippen molar-refractivity contribution in [1.29, 1.82) is 0 Å². The summed E-state index contributed by atoms with van der Waals surface area (Å²) in [5, 5.41) is 2.79. The van der Waals surface area contributed by atoms with Gasteiger partial charge in [0.2, 0.25) is 0 Å². The highest BCUT2D eigenvalue weighted by Crippen LogP contribution is 2.24. The number of halogens is 2. The average Bonchev–Trinajstić information content (AvgIpc) is 3.22. The fraction of sp³-hybridized carbons (Fsp3) is 0.118. The van der Waals surface area contributed by atoms with Crippen LogP contribution in [0.25, 0.3) is 0 Å². The van der Waals surface area contributed by atoms with E-state index in [4.69, 9.17) is 27.6 Å². The van der Waals surface area contributed by atoms with E-state index in [0.29, 0.717) is 28.7 Å². The van der Waals surface area contributed by atoms with E-state index in [-0.39, 0.29) is 5.91 Å². The van der Waals surface area contributed by atoms with E-state index in [0.717, 1.165) is 10.6 Å². The van der Waals surface area contributed by atoms with Gasteiger partial charge in [0.05, 0.1) is 29.4 Å². The van der Waals surface area contributed by atoms with Crippen LogP contribution in [0.3, 0.4) is 0 Å². The second-order valence-corrected chi connectivity index (χ2v) is 6.80. The molecule has 0 fully saturated rings. The van der Waals surface area contributed by atoms with E-state index in [1.165, 1.54) is 0 Å². The summed E-state index contributed by atoms with van der Waals surface area (Å²) in [6.45, 7) is 0.904. The third-order valence-corrected chi connectivity index (χ3v) is 4.91. The molecule has 0 saturated carbocycles. The van der Waals surface area contributed by atoms with Gasteiger partial charge in [0.15, 0.2) is 0 Å². The van der Waals surface area contributed by atoms with Crippen molar-refractivity contribution in [1.82, 2.24) is 4.90 Å². The van der Waals surface area contributed by atoms with Crippen molar-refractivity contribution in [2.75, 3.05) is 0 Å². The van der Waals surface area contributed by atoms with Gasteiger partial charge in [-0.1, -0.05) is 29.3 Å². The molecule has 0 radical (unpaired) electrons. The van der Waals surface area contributed by atoms with Crippen LogP contribution in [0.15, 0.2) is 58.5 Å². The van der Waals surface area contributed by atoms with Crippen molar-refractivity contribution in [2.24, 2.45) is 0 Å². The first-order valence-electron chi connectivity index (χ1n) is 6.92. The zero-order valence-electron chi connectivity index (χ0n) is 12.0. The second-order valence-electron chi connectivity index (χ2n) is 4.95. The molecular weight excluding hydrogens is 353 g/mol. The normalized spacial score (nSPS) is 10.7. The van der Waals surface area contributed by atoms with Crippen molar-refractivity contribution >= 4 is 40.4 Å². The maximum absolute atomic E-state index is 12.8. The van der Waals surface area contributed by atoms with Crippen molar-refractivity contribution in [3.05, 3.63) is 80.4 Å². The first-order valence-corrected chi connectivity index (χ1v) is 8.56. The van der Waals surface area contributed by atoms with Gasteiger partial charge in [-0.3, -0.25) is 4.79 Å². The molecule has 0 atom stereocenters. The molecule has 0 N–H and O–H groups in total. The Labute approximate surface area is 148 Å². The predicted octanol–water partition coefficient (Wildman–Crippen LogP) is 5.49. The highest BCUT2D eigenvalue weighted by Gasteiger charge is 2.19. The Hall–Kier alpha value is -1.75. The fourth-order valence-electron chi connectivity index (χ4n) is 2.19. The summed E-state index contributed by atoms with van der Waals surface area (Å²) in [6, 6.07) is 12.5. The van der Waals surface area contributed by atoms with Gasteiger partial charge in [0.1, 0.15) is 5.76 Å². The monoisotopic (exact) mass is 365 g/mol. The molecule has 0 unspecified atom stereocenters. The number of carbonyl (C=O) groups is 1. The van der Waals surface area contributed by atoms with Crippen LogP contribution in [0.1, 0.15) is 21.0 Å². The molecule has 6 heteroatoms. The number of hydrogen-bond acceptors (Lipinski definition) is 3. The standard InChI is InChI=1S/C17H13Cl2NO2S/c18-15-6-5-12(9-16(15)19)17(21)20(10-13-3-1-7-22-13)11-14-4-2-8-23-14/h1-9H,10-11H2.